The molecule has 1 heteroatoms. The van der Waals surface area contributed by atoms with Gasteiger partial charge < -0.3 is 0 Å². The largest absolute Gasteiger partial charge is 0.0883 e. The fraction of sp³-hybridized carbons (Fsp3) is 0.636. The van der Waals surface area contributed by atoms with Crippen LogP contribution in [0.4, 0.5) is 0 Å². The molecule has 1 unspecified atom stereocenters. The van der Waals surface area contributed by atoms with Crippen LogP contribution in [0, 0.1) is 5.92 Å². The van der Waals surface area contributed by atoms with E-state index in [0.717, 1.165) is 11.2 Å². The molecule has 0 aromatic carbocycles. The van der Waals surface area contributed by atoms with Crippen molar-refractivity contribution < 1.29 is 0 Å². The lowest BCUT2D eigenvalue weighted by atomic mass is 9.85. The Labute approximate surface area is 83.9 Å². The van der Waals surface area contributed by atoms with E-state index in [-0.39, 0.29) is 0 Å². The second-order valence-corrected chi connectivity index (χ2v) is 4.27. The van der Waals surface area contributed by atoms with E-state index >= 15 is 0 Å². The van der Waals surface area contributed by atoms with Gasteiger partial charge in [-0.2, -0.15) is 0 Å². The van der Waals surface area contributed by atoms with E-state index in [9.17, 15) is 0 Å². The van der Waals surface area contributed by atoms with Crippen LogP contribution in [0.2, 0.25) is 0 Å². The maximum atomic E-state index is 3.44. The van der Waals surface area contributed by atoms with Crippen molar-refractivity contribution in [3.8, 4) is 0 Å². The van der Waals surface area contributed by atoms with Crippen molar-refractivity contribution in [1.82, 2.24) is 0 Å². The Balaban J connectivity index is 2.51. The summed E-state index contributed by atoms with van der Waals surface area (Å²) in [7, 11) is 0. The van der Waals surface area contributed by atoms with Gasteiger partial charge in [-0.05, 0) is 39.0 Å². The first kappa shape index (κ1) is 10.0. The SMILES string of the molecule is CC1=CCC(/C(C)=C/CBr)CC1. The highest BCUT2D eigenvalue weighted by atomic mass is 79.9. The molecule has 1 atom stereocenters. The molecule has 0 aromatic rings. The van der Waals surface area contributed by atoms with Crippen LogP contribution in [-0.2, 0) is 0 Å². The first-order chi connectivity index (χ1) is 5.74. The molecule has 0 nitrogen and oxygen atoms in total. The molecule has 0 N–H and O–H groups in total. The zero-order valence-corrected chi connectivity index (χ0v) is 9.52. The Bertz CT molecular complexity index is 201. The molecule has 0 bridgehead atoms. The Morgan fingerprint density at radius 3 is 3.00 bits per heavy atom. The Morgan fingerprint density at radius 1 is 1.75 bits per heavy atom. The molecule has 1 rings (SSSR count). The first-order valence-corrected chi connectivity index (χ1v) is 5.74. The zero-order chi connectivity index (χ0) is 8.97. The molecule has 0 heterocycles. The topological polar surface area (TPSA) is 0 Å². The molecule has 0 saturated heterocycles. The summed E-state index contributed by atoms with van der Waals surface area (Å²) in [6.45, 7) is 4.49. The van der Waals surface area contributed by atoms with E-state index in [0.29, 0.717) is 0 Å². The third kappa shape index (κ3) is 2.78. The Hall–Kier alpha value is -0.0400. The summed E-state index contributed by atoms with van der Waals surface area (Å²) in [5, 5.41) is 0.998. The maximum Gasteiger partial charge on any atom is 0.0214 e. The fourth-order valence-electron chi connectivity index (χ4n) is 1.67. The monoisotopic (exact) mass is 228 g/mol. The summed E-state index contributed by atoms with van der Waals surface area (Å²) in [6, 6.07) is 0. The van der Waals surface area contributed by atoms with Gasteiger partial charge in [-0.25, -0.2) is 0 Å². The molecule has 0 aliphatic heterocycles. The number of alkyl halides is 1. The van der Waals surface area contributed by atoms with E-state index in [1.807, 2.05) is 0 Å². The normalized spacial score (nSPS) is 25.4. The molecule has 0 saturated carbocycles. The average molecular weight is 229 g/mol. The van der Waals surface area contributed by atoms with E-state index in [1.54, 1.807) is 11.1 Å². The smallest absolute Gasteiger partial charge is 0.0214 e. The lowest BCUT2D eigenvalue weighted by Crippen LogP contribution is -2.06. The average Bonchev–Trinajstić information content (AvgIpc) is 2.06. The van der Waals surface area contributed by atoms with Gasteiger partial charge in [0.1, 0.15) is 0 Å². The minimum atomic E-state index is 0.811. The Morgan fingerprint density at radius 2 is 2.50 bits per heavy atom. The predicted molar refractivity (Wildman–Crippen MR) is 58.6 cm³/mol. The second kappa shape index (κ2) is 4.86. The van der Waals surface area contributed by atoms with Crippen LogP contribution in [0.3, 0.4) is 0 Å². The number of halogens is 1. The number of allylic oxidation sites excluding steroid dienone is 4. The molecule has 0 radical (unpaired) electrons. The van der Waals surface area contributed by atoms with Gasteiger partial charge in [0, 0.05) is 5.33 Å². The Kier molecular flexibility index (Phi) is 4.07. The van der Waals surface area contributed by atoms with Crippen molar-refractivity contribution in [2.75, 3.05) is 5.33 Å². The third-order valence-electron chi connectivity index (χ3n) is 2.68. The summed E-state index contributed by atoms with van der Waals surface area (Å²) in [6.07, 6.45) is 8.57. The molecule has 68 valence electrons. The summed E-state index contributed by atoms with van der Waals surface area (Å²) in [5.74, 6) is 0.811. The molecule has 0 amide bonds. The fourth-order valence-corrected chi connectivity index (χ4v) is 2.18. The highest BCUT2D eigenvalue weighted by Crippen LogP contribution is 2.28. The van der Waals surface area contributed by atoms with Gasteiger partial charge >= 0.3 is 0 Å². The molecule has 0 fully saturated rings. The van der Waals surface area contributed by atoms with E-state index in [4.69, 9.17) is 0 Å². The van der Waals surface area contributed by atoms with Crippen molar-refractivity contribution in [2.24, 2.45) is 5.92 Å². The van der Waals surface area contributed by atoms with Gasteiger partial charge in [0.25, 0.3) is 0 Å². The summed E-state index contributed by atoms with van der Waals surface area (Å²) >= 11 is 3.44. The number of hydrogen-bond acceptors (Lipinski definition) is 0. The van der Waals surface area contributed by atoms with Gasteiger partial charge in [-0.15, -0.1) is 0 Å². The van der Waals surface area contributed by atoms with Crippen LogP contribution in [0.5, 0.6) is 0 Å². The second-order valence-electron chi connectivity index (χ2n) is 3.62. The van der Waals surface area contributed by atoms with Gasteiger partial charge in [0.15, 0.2) is 0 Å². The van der Waals surface area contributed by atoms with E-state index < -0.39 is 0 Å². The van der Waals surface area contributed by atoms with Gasteiger partial charge in [0.05, 0.1) is 0 Å². The summed E-state index contributed by atoms with van der Waals surface area (Å²) in [4.78, 5) is 0. The number of rotatable bonds is 2. The van der Waals surface area contributed by atoms with Gasteiger partial charge in [-0.3, -0.25) is 0 Å². The molecule has 1 aliphatic rings. The minimum Gasteiger partial charge on any atom is -0.0883 e. The predicted octanol–water partition coefficient (Wildman–Crippen LogP) is 4.07. The molecule has 12 heavy (non-hydrogen) atoms. The third-order valence-corrected chi connectivity index (χ3v) is 3.00. The molecule has 0 aromatic heterocycles. The lowest BCUT2D eigenvalue weighted by molar-refractivity contribution is 0.538. The quantitative estimate of drug-likeness (QED) is 0.494. The van der Waals surface area contributed by atoms with Crippen LogP contribution < -0.4 is 0 Å². The highest BCUT2D eigenvalue weighted by Gasteiger charge is 2.13. The molecule has 0 spiro atoms. The van der Waals surface area contributed by atoms with Crippen LogP contribution in [-0.4, -0.2) is 5.33 Å². The van der Waals surface area contributed by atoms with Gasteiger partial charge in [-0.1, -0.05) is 39.2 Å². The zero-order valence-electron chi connectivity index (χ0n) is 7.94. The lowest BCUT2D eigenvalue weighted by Gasteiger charge is -2.21. The molecule has 1 aliphatic carbocycles. The van der Waals surface area contributed by atoms with E-state index in [1.165, 1.54) is 19.3 Å². The summed E-state index contributed by atoms with van der Waals surface area (Å²) in [5.41, 5.74) is 3.12. The summed E-state index contributed by atoms with van der Waals surface area (Å²) < 4.78 is 0. The van der Waals surface area contributed by atoms with Crippen LogP contribution >= 0.6 is 15.9 Å². The van der Waals surface area contributed by atoms with E-state index in [2.05, 4.69) is 41.9 Å². The molecular weight excluding hydrogens is 212 g/mol. The van der Waals surface area contributed by atoms with Crippen LogP contribution in [0.25, 0.3) is 0 Å². The van der Waals surface area contributed by atoms with Crippen LogP contribution in [0.1, 0.15) is 33.1 Å². The number of hydrogen-bond donors (Lipinski definition) is 0. The maximum absolute atomic E-state index is 3.44. The minimum absolute atomic E-state index is 0.811. The van der Waals surface area contributed by atoms with Crippen molar-refractivity contribution in [3.05, 3.63) is 23.3 Å². The highest BCUT2D eigenvalue weighted by molar-refractivity contribution is 9.09. The van der Waals surface area contributed by atoms with Crippen molar-refractivity contribution >= 4 is 15.9 Å². The van der Waals surface area contributed by atoms with Crippen molar-refractivity contribution in [1.29, 1.82) is 0 Å². The standard InChI is InChI=1S/C11H17Br/c1-9-3-5-11(6-4-9)10(2)7-8-12/h3,7,11H,4-6,8H2,1-2H3/b10-7+. The molecular formula is C11H17Br. The van der Waals surface area contributed by atoms with Crippen LogP contribution in [0.15, 0.2) is 23.3 Å². The van der Waals surface area contributed by atoms with Crippen molar-refractivity contribution in [3.63, 3.8) is 0 Å². The van der Waals surface area contributed by atoms with Crippen molar-refractivity contribution in [2.45, 2.75) is 33.1 Å². The first-order valence-electron chi connectivity index (χ1n) is 4.62. The van der Waals surface area contributed by atoms with Gasteiger partial charge in [0.2, 0.25) is 0 Å².